The van der Waals surface area contributed by atoms with Gasteiger partial charge in [0, 0.05) is 5.56 Å². The third kappa shape index (κ3) is 2.77. The Kier molecular flexibility index (Phi) is 3.96. The molecule has 0 bridgehead atoms. The summed E-state index contributed by atoms with van der Waals surface area (Å²) in [5.41, 5.74) is 1.28. The second-order valence-corrected chi connectivity index (χ2v) is 3.62. The van der Waals surface area contributed by atoms with E-state index in [1.165, 1.54) is 0 Å². The van der Waals surface area contributed by atoms with Crippen LogP contribution in [0.3, 0.4) is 0 Å². The molecule has 0 saturated carbocycles. The Bertz CT molecular complexity index is 430. The van der Waals surface area contributed by atoms with Crippen LogP contribution in [0.1, 0.15) is 25.0 Å². The van der Waals surface area contributed by atoms with Gasteiger partial charge in [-0.05, 0) is 32.0 Å². The second kappa shape index (κ2) is 5.22. The van der Waals surface area contributed by atoms with Crippen molar-refractivity contribution < 1.29 is 9.47 Å². The number of rotatable bonds is 4. The van der Waals surface area contributed by atoms with E-state index in [-0.39, 0.29) is 6.10 Å². The zero-order valence-electron chi connectivity index (χ0n) is 9.78. The summed E-state index contributed by atoms with van der Waals surface area (Å²) in [6.07, 6.45) is 0.0450. The normalized spacial score (nSPS) is 9.69. The molecule has 0 amide bonds. The Labute approximate surface area is 95.9 Å². The molecule has 1 aromatic carbocycles. The van der Waals surface area contributed by atoms with Crippen molar-refractivity contribution in [1.82, 2.24) is 0 Å². The van der Waals surface area contributed by atoms with E-state index in [0.717, 1.165) is 5.56 Å². The first kappa shape index (κ1) is 12.1. The molecular weight excluding hydrogens is 202 g/mol. The summed E-state index contributed by atoms with van der Waals surface area (Å²) in [6, 6.07) is 7.40. The predicted octanol–water partition coefficient (Wildman–Crippen LogP) is 2.96. The molecule has 0 radical (unpaired) electrons. The number of ether oxygens (including phenoxy) is 2. The molecule has 3 heteroatoms. The van der Waals surface area contributed by atoms with E-state index in [1.807, 2.05) is 19.9 Å². The maximum Gasteiger partial charge on any atom is 0.137 e. The van der Waals surface area contributed by atoms with Crippen molar-refractivity contribution in [3.8, 4) is 11.8 Å². The smallest absolute Gasteiger partial charge is 0.137 e. The SMILES string of the molecule is C=C(OC)c1ccc(OC(C)C)c(C#N)c1. The van der Waals surface area contributed by atoms with Crippen molar-refractivity contribution >= 4 is 5.76 Å². The summed E-state index contributed by atoms with van der Waals surface area (Å²) in [6.45, 7) is 7.58. The number of hydrogen-bond donors (Lipinski definition) is 0. The fraction of sp³-hybridized carbons (Fsp3) is 0.308. The topological polar surface area (TPSA) is 42.2 Å². The summed E-state index contributed by atoms with van der Waals surface area (Å²) < 4.78 is 10.5. The van der Waals surface area contributed by atoms with Crippen LogP contribution in [0.5, 0.6) is 5.75 Å². The number of benzene rings is 1. The number of methoxy groups -OCH3 is 1. The lowest BCUT2D eigenvalue weighted by molar-refractivity contribution is 0.241. The van der Waals surface area contributed by atoms with Gasteiger partial charge in [-0.15, -0.1) is 0 Å². The highest BCUT2D eigenvalue weighted by Crippen LogP contribution is 2.23. The van der Waals surface area contributed by atoms with Crippen LogP contribution < -0.4 is 4.74 Å². The summed E-state index contributed by atoms with van der Waals surface area (Å²) in [7, 11) is 1.55. The zero-order valence-corrected chi connectivity index (χ0v) is 9.78. The fourth-order valence-corrected chi connectivity index (χ4v) is 1.27. The molecule has 1 rings (SSSR count). The average Bonchev–Trinajstić information content (AvgIpc) is 2.27. The van der Waals surface area contributed by atoms with Gasteiger partial charge >= 0.3 is 0 Å². The highest BCUT2D eigenvalue weighted by molar-refractivity contribution is 5.61. The predicted molar refractivity (Wildman–Crippen MR) is 63.0 cm³/mol. The third-order valence-electron chi connectivity index (χ3n) is 2.03. The lowest BCUT2D eigenvalue weighted by Gasteiger charge is -2.12. The van der Waals surface area contributed by atoms with Crippen LogP contribution in [-0.4, -0.2) is 13.2 Å². The maximum absolute atomic E-state index is 9.01. The van der Waals surface area contributed by atoms with Gasteiger partial charge in [0.2, 0.25) is 0 Å². The molecule has 3 nitrogen and oxygen atoms in total. The quantitative estimate of drug-likeness (QED) is 0.728. The highest BCUT2D eigenvalue weighted by Gasteiger charge is 2.08. The fourth-order valence-electron chi connectivity index (χ4n) is 1.27. The number of hydrogen-bond acceptors (Lipinski definition) is 3. The molecule has 0 N–H and O–H groups in total. The van der Waals surface area contributed by atoms with Crippen LogP contribution in [0, 0.1) is 11.3 Å². The van der Waals surface area contributed by atoms with Gasteiger partial charge in [-0.1, -0.05) is 6.58 Å². The van der Waals surface area contributed by atoms with Gasteiger partial charge in [-0.25, -0.2) is 0 Å². The van der Waals surface area contributed by atoms with Crippen LogP contribution in [0.25, 0.3) is 5.76 Å². The summed E-state index contributed by atoms with van der Waals surface area (Å²) >= 11 is 0. The third-order valence-corrected chi connectivity index (χ3v) is 2.03. The van der Waals surface area contributed by atoms with Crippen LogP contribution in [0.15, 0.2) is 24.8 Å². The minimum atomic E-state index is 0.0450. The molecule has 16 heavy (non-hydrogen) atoms. The second-order valence-electron chi connectivity index (χ2n) is 3.62. The van der Waals surface area contributed by atoms with Crippen molar-refractivity contribution in [2.75, 3.05) is 7.11 Å². The van der Waals surface area contributed by atoms with Crippen molar-refractivity contribution in [1.29, 1.82) is 5.26 Å². The van der Waals surface area contributed by atoms with Crippen LogP contribution in [0.2, 0.25) is 0 Å². The largest absolute Gasteiger partial charge is 0.497 e. The minimum absolute atomic E-state index is 0.0450. The van der Waals surface area contributed by atoms with Crippen LogP contribution >= 0.6 is 0 Å². The van der Waals surface area contributed by atoms with E-state index in [2.05, 4.69) is 12.6 Å². The van der Waals surface area contributed by atoms with Gasteiger partial charge in [-0.2, -0.15) is 5.26 Å². The van der Waals surface area contributed by atoms with E-state index < -0.39 is 0 Å². The monoisotopic (exact) mass is 217 g/mol. The lowest BCUT2D eigenvalue weighted by Crippen LogP contribution is -2.07. The van der Waals surface area contributed by atoms with Crippen LogP contribution in [-0.2, 0) is 4.74 Å². The van der Waals surface area contributed by atoms with Crippen molar-refractivity contribution in [3.05, 3.63) is 35.9 Å². The van der Waals surface area contributed by atoms with Gasteiger partial charge in [0.1, 0.15) is 17.6 Å². The molecule has 1 aromatic rings. The Morgan fingerprint density at radius 3 is 2.62 bits per heavy atom. The van der Waals surface area contributed by atoms with E-state index in [1.54, 1.807) is 19.2 Å². The first-order chi connectivity index (χ1) is 7.58. The van der Waals surface area contributed by atoms with Crippen molar-refractivity contribution in [2.45, 2.75) is 20.0 Å². The lowest BCUT2D eigenvalue weighted by atomic mass is 10.1. The molecular formula is C13H15NO2. The minimum Gasteiger partial charge on any atom is -0.497 e. The zero-order chi connectivity index (χ0) is 12.1. The molecule has 0 aliphatic rings. The summed E-state index contributed by atoms with van der Waals surface area (Å²) in [5.74, 6) is 1.12. The first-order valence-electron chi connectivity index (χ1n) is 5.02. The molecule has 0 aliphatic carbocycles. The number of nitrogens with zero attached hydrogens (tertiary/aromatic N) is 1. The van der Waals surface area contributed by atoms with E-state index >= 15 is 0 Å². The highest BCUT2D eigenvalue weighted by atomic mass is 16.5. The molecule has 0 spiro atoms. The molecule has 0 unspecified atom stereocenters. The molecule has 0 heterocycles. The maximum atomic E-state index is 9.01. The Balaban J connectivity index is 3.08. The van der Waals surface area contributed by atoms with Gasteiger partial charge < -0.3 is 9.47 Å². The van der Waals surface area contributed by atoms with Gasteiger partial charge in [-0.3, -0.25) is 0 Å². The number of nitriles is 1. The Morgan fingerprint density at radius 1 is 1.44 bits per heavy atom. The molecule has 0 saturated heterocycles. The van der Waals surface area contributed by atoms with E-state index in [9.17, 15) is 0 Å². The molecule has 0 aliphatic heterocycles. The molecule has 0 fully saturated rings. The van der Waals surface area contributed by atoms with Crippen molar-refractivity contribution in [2.24, 2.45) is 0 Å². The van der Waals surface area contributed by atoms with Gasteiger partial charge in [0.25, 0.3) is 0 Å². The van der Waals surface area contributed by atoms with Gasteiger partial charge in [0.15, 0.2) is 0 Å². The Morgan fingerprint density at radius 2 is 2.12 bits per heavy atom. The van der Waals surface area contributed by atoms with Gasteiger partial charge in [0.05, 0.1) is 18.8 Å². The molecule has 0 aromatic heterocycles. The summed E-state index contributed by atoms with van der Waals surface area (Å²) in [4.78, 5) is 0. The van der Waals surface area contributed by atoms with E-state index in [0.29, 0.717) is 17.1 Å². The van der Waals surface area contributed by atoms with Crippen LogP contribution in [0.4, 0.5) is 0 Å². The van der Waals surface area contributed by atoms with Crippen molar-refractivity contribution in [3.63, 3.8) is 0 Å². The molecule has 0 atom stereocenters. The van der Waals surface area contributed by atoms with E-state index in [4.69, 9.17) is 14.7 Å². The Hall–Kier alpha value is -1.95. The molecule has 84 valence electrons. The first-order valence-corrected chi connectivity index (χ1v) is 5.02. The summed E-state index contributed by atoms with van der Waals surface area (Å²) in [5, 5.41) is 9.01. The standard InChI is InChI=1S/C13H15NO2/c1-9(2)16-13-6-5-11(10(3)15-4)7-12(13)8-14/h5-7,9H,3H2,1-2,4H3. The average molecular weight is 217 g/mol.